The van der Waals surface area contributed by atoms with Gasteiger partial charge in [-0.2, -0.15) is 0 Å². The summed E-state index contributed by atoms with van der Waals surface area (Å²) in [7, 11) is -2.87. The summed E-state index contributed by atoms with van der Waals surface area (Å²) < 4.78 is 16.4. The maximum absolute atomic E-state index is 7.05. The van der Waals surface area contributed by atoms with Gasteiger partial charge in [-0.05, 0) is 97.1 Å². The molecule has 0 unspecified atom stereocenters. The average Bonchev–Trinajstić information content (AvgIpc) is 3.72. The lowest BCUT2D eigenvalue weighted by atomic mass is 9.50. The molecule has 0 aliphatic carbocycles. The van der Waals surface area contributed by atoms with Gasteiger partial charge in [-0.15, -0.1) is 0 Å². The third-order valence-electron chi connectivity index (χ3n) is 13.6. The smallest absolute Gasteiger partial charge is 0.434 e. The first kappa shape index (κ1) is 37.4. The van der Waals surface area contributed by atoms with Gasteiger partial charge in [0, 0.05) is 32.9 Å². The number of fused-ring (bicyclic) bond motifs is 7. The van der Waals surface area contributed by atoms with Crippen LogP contribution in [0.3, 0.4) is 0 Å². The van der Waals surface area contributed by atoms with Crippen LogP contribution in [0.5, 0.6) is 17.2 Å². The van der Waals surface area contributed by atoms with Gasteiger partial charge in [0.2, 0.25) is 0 Å². The van der Waals surface area contributed by atoms with Gasteiger partial charge in [-0.1, -0.05) is 194 Å². The van der Waals surface area contributed by atoms with Gasteiger partial charge < -0.3 is 14.0 Å². The maximum Gasteiger partial charge on any atom is 0.434 e. The summed E-state index contributed by atoms with van der Waals surface area (Å²) in [5, 5.41) is 7.86. The molecule has 11 aromatic rings. The van der Waals surface area contributed by atoms with Crippen molar-refractivity contribution in [2.75, 3.05) is 0 Å². The Labute approximate surface area is 379 Å². The Morgan fingerprint density at radius 1 is 0.369 bits per heavy atom. The zero-order valence-corrected chi connectivity index (χ0v) is 36.4. The lowest BCUT2D eigenvalue weighted by Gasteiger charge is -2.36. The van der Waals surface area contributed by atoms with E-state index in [9.17, 15) is 0 Å². The normalized spacial score (nSPS) is 12.5. The minimum atomic E-state index is -2.87. The van der Waals surface area contributed by atoms with Gasteiger partial charge >= 0.3 is 6.92 Å². The number of benzene rings is 10. The van der Waals surface area contributed by atoms with Crippen molar-refractivity contribution in [2.45, 2.75) is 0 Å². The van der Waals surface area contributed by atoms with E-state index >= 15 is 0 Å². The van der Waals surface area contributed by atoms with Crippen molar-refractivity contribution in [2.24, 2.45) is 0 Å². The van der Waals surface area contributed by atoms with Crippen LogP contribution in [-0.4, -0.2) is 19.6 Å². The standard InChI is InChI=1S/C60H40BNO2Si/c1-4-18-45(19-5-1)65(46-20-6-2-7-21-46,47-22-8-3-9-23-47)59-31-17-13-24-48(59)43-38-52-51-27-12-16-30-56(51)64-61-53-39-42(34-37-57(53)63-58(40-43)60(52)61)41-32-35-44(36-33-41)62-54-28-14-10-25-49(54)50-26-11-15-29-55(50)62/h1-40H. The van der Waals surface area contributed by atoms with E-state index in [2.05, 4.69) is 247 Å². The Morgan fingerprint density at radius 2 is 0.908 bits per heavy atom. The second kappa shape index (κ2) is 15.0. The van der Waals surface area contributed by atoms with E-state index in [0.717, 1.165) is 61.7 Å². The molecule has 1 aromatic heterocycles. The summed E-state index contributed by atoms with van der Waals surface area (Å²) in [5.74, 6) is 2.51. The molecule has 3 heterocycles. The van der Waals surface area contributed by atoms with Gasteiger partial charge in [0.05, 0.1) is 11.0 Å². The largest absolute Gasteiger partial charge is 0.551 e. The minimum absolute atomic E-state index is 0.341. The van der Waals surface area contributed by atoms with Crippen molar-refractivity contribution in [1.82, 2.24) is 4.57 Å². The van der Waals surface area contributed by atoms with E-state index in [1.807, 2.05) is 0 Å². The molecule has 0 saturated heterocycles. The Morgan fingerprint density at radius 3 is 1.55 bits per heavy atom. The van der Waals surface area contributed by atoms with Crippen molar-refractivity contribution in [3.05, 3.63) is 243 Å². The molecule has 0 fully saturated rings. The number of para-hydroxylation sites is 3. The highest BCUT2D eigenvalue weighted by molar-refractivity contribution is 7.20. The van der Waals surface area contributed by atoms with E-state index < -0.39 is 8.07 Å². The molecule has 0 saturated carbocycles. The SMILES string of the molecule is c1ccc([Si](c2ccccc2)(c2ccccc2)c2ccccc2-c2cc3c4c(c2)-c2ccccc2OB4c2cc(-c4ccc(-n5c6ccccc6c6ccccc65)cc4)ccc2O3)cc1. The first-order valence-corrected chi connectivity index (χ1v) is 24.4. The zero-order chi connectivity index (χ0) is 42.9. The quantitative estimate of drug-likeness (QED) is 0.118. The molecule has 2 aliphatic heterocycles. The van der Waals surface area contributed by atoms with Crippen LogP contribution in [0.1, 0.15) is 0 Å². The topological polar surface area (TPSA) is 23.4 Å². The van der Waals surface area contributed by atoms with E-state index in [1.54, 1.807) is 0 Å². The van der Waals surface area contributed by atoms with Crippen molar-refractivity contribution in [1.29, 1.82) is 0 Å². The summed E-state index contributed by atoms with van der Waals surface area (Å²) in [5.41, 5.74) is 12.4. The highest BCUT2D eigenvalue weighted by Crippen LogP contribution is 2.42. The summed E-state index contributed by atoms with van der Waals surface area (Å²) in [4.78, 5) is 0. The van der Waals surface area contributed by atoms with E-state index in [4.69, 9.17) is 9.39 Å². The van der Waals surface area contributed by atoms with E-state index in [-0.39, 0.29) is 6.92 Å². The summed E-state index contributed by atoms with van der Waals surface area (Å²) in [6.07, 6.45) is 0. The average molecular weight is 846 g/mol. The molecule has 13 rings (SSSR count). The van der Waals surface area contributed by atoms with Gasteiger partial charge in [0.25, 0.3) is 0 Å². The number of aromatic nitrogens is 1. The molecular weight excluding hydrogens is 806 g/mol. The van der Waals surface area contributed by atoms with Gasteiger partial charge in [0.15, 0.2) is 8.07 Å². The second-order valence-electron chi connectivity index (χ2n) is 17.1. The molecule has 65 heavy (non-hydrogen) atoms. The molecule has 0 spiro atoms. The summed E-state index contributed by atoms with van der Waals surface area (Å²) >= 11 is 0. The number of nitrogens with zero attached hydrogens (tertiary/aromatic N) is 1. The molecule has 0 amide bonds. The lowest BCUT2D eigenvalue weighted by Crippen LogP contribution is -2.75. The Hall–Kier alpha value is -8.12. The van der Waals surface area contributed by atoms with Crippen LogP contribution in [0.25, 0.3) is 60.9 Å². The molecule has 5 heteroatoms. The first-order valence-electron chi connectivity index (χ1n) is 22.4. The van der Waals surface area contributed by atoms with Crippen LogP contribution in [0.2, 0.25) is 0 Å². The lowest BCUT2D eigenvalue weighted by molar-refractivity contribution is 0.479. The molecule has 2 aliphatic rings. The molecule has 0 bridgehead atoms. The van der Waals surface area contributed by atoms with Crippen LogP contribution >= 0.6 is 0 Å². The number of rotatable bonds is 7. The Bertz CT molecular complexity index is 3460. The second-order valence-corrected chi connectivity index (χ2v) is 20.9. The molecule has 3 nitrogen and oxygen atoms in total. The van der Waals surface area contributed by atoms with Crippen LogP contribution in [0.15, 0.2) is 243 Å². The van der Waals surface area contributed by atoms with Gasteiger partial charge in [-0.3, -0.25) is 0 Å². The molecule has 0 N–H and O–H groups in total. The number of hydrogen-bond donors (Lipinski definition) is 0. The highest BCUT2D eigenvalue weighted by atomic mass is 28.3. The van der Waals surface area contributed by atoms with Crippen LogP contribution in [0, 0.1) is 0 Å². The van der Waals surface area contributed by atoms with Gasteiger partial charge in [0.1, 0.15) is 17.2 Å². The molecular formula is C60H40BNO2Si. The molecule has 0 atom stereocenters. The van der Waals surface area contributed by atoms with E-state index in [1.165, 1.54) is 48.1 Å². The van der Waals surface area contributed by atoms with Crippen LogP contribution < -0.4 is 41.1 Å². The summed E-state index contributed by atoms with van der Waals surface area (Å²) in [6, 6.07) is 88.4. The maximum atomic E-state index is 7.05. The van der Waals surface area contributed by atoms with Crippen molar-refractivity contribution < 1.29 is 9.39 Å². The number of hydrogen-bond acceptors (Lipinski definition) is 2. The Kier molecular flexibility index (Phi) is 8.65. The Balaban J connectivity index is 0.948. The fraction of sp³-hybridized carbons (Fsp3) is 0. The minimum Gasteiger partial charge on any atom is -0.551 e. The molecule has 10 aromatic carbocycles. The van der Waals surface area contributed by atoms with Gasteiger partial charge in [-0.25, -0.2) is 0 Å². The summed E-state index contributed by atoms with van der Waals surface area (Å²) in [6.45, 7) is -0.341. The molecule has 304 valence electrons. The monoisotopic (exact) mass is 845 g/mol. The predicted octanol–water partition coefficient (Wildman–Crippen LogP) is 10.8. The zero-order valence-electron chi connectivity index (χ0n) is 35.4. The fourth-order valence-electron chi connectivity index (χ4n) is 10.8. The predicted molar refractivity (Wildman–Crippen MR) is 273 cm³/mol. The fourth-order valence-corrected chi connectivity index (χ4v) is 15.8. The van der Waals surface area contributed by atoms with Crippen molar-refractivity contribution >= 4 is 68.5 Å². The first-order chi connectivity index (χ1) is 32.2. The van der Waals surface area contributed by atoms with E-state index in [0.29, 0.717) is 0 Å². The third-order valence-corrected chi connectivity index (χ3v) is 18.5. The van der Waals surface area contributed by atoms with Crippen molar-refractivity contribution in [3.63, 3.8) is 0 Å². The van der Waals surface area contributed by atoms with Crippen LogP contribution in [0.4, 0.5) is 0 Å². The number of ether oxygens (including phenoxy) is 1. The highest BCUT2D eigenvalue weighted by Gasteiger charge is 2.44. The molecule has 0 radical (unpaired) electrons. The third kappa shape index (κ3) is 5.83. The van der Waals surface area contributed by atoms with Crippen LogP contribution in [-0.2, 0) is 0 Å². The van der Waals surface area contributed by atoms with Crippen molar-refractivity contribution in [3.8, 4) is 56.3 Å².